The van der Waals surface area contributed by atoms with Crippen LogP contribution in [0.25, 0.3) is 0 Å². The van der Waals surface area contributed by atoms with Gasteiger partial charge in [-0.2, -0.15) is 0 Å². The first-order valence-electron chi connectivity index (χ1n) is 7.05. The highest BCUT2D eigenvalue weighted by Crippen LogP contribution is 2.34. The number of halogens is 1. The molecule has 0 fully saturated rings. The molecule has 0 aliphatic carbocycles. The first-order chi connectivity index (χ1) is 10.3. The summed E-state index contributed by atoms with van der Waals surface area (Å²) in [7, 11) is -3.04. The highest BCUT2D eigenvalue weighted by molar-refractivity contribution is 9.10. The highest BCUT2D eigenvalue weighted by Gasteiger charge is 2.12. The Bertz CT molecular complexity index is 762. The van der Waals surface area contributed by atoms with Crippen LogP contribution in [-0.2, 0) is 15.6 Å². The average molecular weight is 383 g/mol. The van der Waals surface area contributed by atoms with E-state index in [0.717, 1.165) is 26.9 Å². The smallest absolute Gasteiger partial charge is 0.154 e. The molecule has 0 amide bonds. The van der Waals surface area contributed by atoms with Crippen LogP contribution < -0.4 is 4.74 Å². The Kier molecular flexibility index (Phi) is 5.29. The Hall–Kier alpha value is -1.33. The third-order valence-electron chi connectivity index (χ3n) is 3.44. The average Bonchev–Trinajstić information content (AvgIpc) is 2.45. The zero-order valence-electron chi connectivity index (χ0n) is 12.9. The summed E-state index contributed by atoms with van der Waals surface area (Å²) in [5.74, 6) is 1.70. The molecule has 0 atom stereocenters. The molecule has 0 aliphatic rings. The molecule has 0 radical (unpaired) electrons. The molecule has 0 aliphatic heterocycles. The molecule has 0 bridgehead atoms. The van der Waals surface area contributed by atoms with Crippen LogP contribution in [0.4, 0.5) is 0 Å². The number of para-hydroxylation sites is 1. The number of ether oxygens (including phenoxy) is 1. The van der Waals surface area contributed by atoms with E-state index in [-0.39, 0.29) is 11.5 Å². The van der Waals surface area contributed by atoms with E-state index in [9.17, 15) is 8.42 Å². The Morgan fingerprint density at radius 1 is 1.09 bits per heavy atom. The molecule has 22 heavy (non-hydrogen) atoms. The summed E-state index contributed by atoms with van der Waals surface area (Å²) in [4.78, 5) is 0. The first kappa shape index (κ1) is 17.0. The van der Waals surface area contributed by atoms with E-state index < -0.39 is 9.84 Å². The van der Waals surface area contributed by atoms with Gasteiger partial charge in [-0.05, 0) is 58.6 Å². The molecule has 0 saturated heterocycles. The van der Waals surface area contributed by atoms with Gasteiger partial charge < -0.3 is 4.74 Å². The van der Waals surface area contributed by atoms with Crippen LogP contribution in [0, 0.1) is 13.8 Å². The third-order valence-corrected chi connectivity index (χ3v) is 5.72. The van der Waals surface area contributed by atoms with Crippen molar-refractivity contribution in [3.63, 3.8) is 0 Å². The lowest BCUT2D eigenvalue weighted by Gasteiger charge is -2.13. The van der Waals surface area contributed by atoms with Gasteiger partial charge in [-0.1, -0.05) is 31.2 Å². The predicted octanol–water partition coefficient (Wildman–Crippen LogP) is 4.79. The fourth-order valence-corrected chi connectivity index (χ4v) is 3.54. The van der Waals surface area contributed by atoms with Crippen molar-refractivity contribution in [2.45, 2.75) is 26.5 Å². The quantitative estimate of drug-likeness (QED) is 0.746. The fraction of sp³-hybridized carbons (Fsp3) is 0.294. The van der Waals surface area contributed by atoms with Gasteiger partial charge in [0, 0.05) is 5.75 Å². The molecule has 5 heteroatoms. The van der Waals surface area contributed by atoms with Crippen molar-refractivity contribution in [3.8, 4) is 11.5 Å². The zero-order valence-corrected chi connectivity index (χ0v) is 15.3. The Labute approximate surface area is 140 Å². The Morgan fingerprint density at radius 2 is 1.73 bits per heavy atom. The van der Waals surface area contributed by atoms with Gasteiger partial charge in [-0.3, -0.25) is 0 Å². The lowest BCUT2D eigenvalue weighted by atomic mass is 10.1. The topological polar surface area (TPSA) is 43.4 Å². The van der Waals surface area contributed by atoms with Crippen molar-refractivity contribution in [2.24, 2.45) is 0 Å². The second-order valence-corrected chi connectivity index (χ2v) is 8.47. The SMILES string of the molecule is CCS(=O)(=O)Cc1ccc(Oc2c(C)cccc2C)c(Br)c1. The number of aryl methyl sites for hydroxylation is 2. The minimum Gasteiger partial charge on any atom is -0.456 e. The van der Waals surface area contributed by atoms with E-state index in [2.05, 4.69) is 15.9 Å². The zero-order chi connectivity index (χ0) is 16.3. The molecule has 2 rings (SSSR count). The van der Waals surface area contributed by atoms with Gasteiger partial charge in [0.1, 0.15) is 11.5 Å². The number of rotatable bonds is 5. The van der Waals surface area contributed by atoms with Gasteiger partial charge in [0.2, 0.25) is 0 Å². The summed E-state index contributed by atoms with van der Waals surface area (Å²) in [6, 6.07) is 11.4. The number of hydrogen-bond donors (Lipinski definition) is 0. The van der Waals surface area contributed by atoms with Crippen molar-refractivity contribution >= 4 is 25.8 Å². The standard InChI is InChI=1S/C17H19BrO3S/c1-4-22(19,20)11-14-8-9-16(15(18)10-14)21-17-12(2)6-5-7-13(17)3/h5-10H,4,11H2,1-3H3. The summed E-state index contributed by atoms with van der Waals surface area (Å²) in [5.41, 5.74) is 2.87. The predicted molar refractivity (Wildman–Crippen MR) is 93.3 cm³/mol. The van der Waals surface area contributed by atoms with Gasteiger partial charge >= 0.3 is 0 Å². The molecule has 0 aromatic heterocycles. The van der Waals surface area contributed by atoms with E-state index in [0.29, 0.717) is 5.75 Å². The fourth-order valence-electron chi connectivity index (χ4n) is 2.14. The van der Waals surface area contributed by atoms with Crippen molar-refractivity contribution in [2.75, 3.05) is 5.75 Å². The molecule has 2 aromatic carbocycles. The van der Waals surface area contributed by atoms with Crippen LogP contribution in [0.5, 0.6) is 11.5 Å². The van der Waals surface area contributed by atoms with Crippen molar-refractivity contribution in [3.05, 3.63) is 57.6 Å². The third kappa shape index (κ3) is 4.11. The van der Waals surface area contributed by atoms with Crippen LogP contribution >= 0.6 is 15.9 Å². The number of benzene rings is 2. The normalized spacial score (nSPS) is 11.5. The molecule has 0 spiro atoms. The molecule has 2 aromatic rings. The Balaban J connectivity index is 2.27. The second kappa shape index (κ2) is 6.84. The molecule has 118 valence electrons. The maximum Gasteiger partial charge on any atom is 0.154 e. The summed E-state index contributed by atoms with van der Waals surface area (Å²) in [6.07, 6.45) is 0. The van der Waals surface area contributed by atoms with Crippen molar-refractivity contribution in [1.82, 2.24) is 0 Å². The van der Waals surface area contributed by atoms with Crippen LogP contribution in [0.3, 0.4) is 0 Å². The van der Waals surface area contributed by atoms with Crippen LogP contribution in [0.2, 0.25) is 0 Å². The Morgan fingerprint density at radius 3 is 2.27 bits per heavy atom. The van der Waals surface area contributed by atoms with E-state index >= 15 is 0 Å². The molecule has 3 nitrogen and oxygen atoms in total. The highest BCUT2D eigenvalue weighted by atomic mass is 79.9. The van der Waals surface area contributed by atoms with E-state index in [4.69, 9.17) is 4.74 Å². The molecular formula is C17H19BrO3S. The van der Waals surface area contributed by atoms with Gasteiger partial charge in [-0.25, -0.2) is 8.42 Å². The molecule has 0 heterocycles. The maximum absolute atomic E-state index is 11.7. The lowest BCUT2D eigenvalue weighted by molar-refractivity contribution is 0.472. The molecule has 0 N–H and O–H groups in total. The first-order valence-corrected chi connectivity index (χ1v) is 9.66. The van der Waals surface area contributed by atoms with E-state index in [1.165, 1.54) is 0 Å². The maximum atomic E-state index is 11.7. The largest absolute Gasteiger partial charge is 0.456 e. The van der Waals surface area contributed by atoms with Gasteiger partial charge in [0.25, 0.3) is 0 Å². The lowest BCUT2D eigenvalue weighted by Crippen LogP contribution is -2.06. The minimum atomic E-state index is -3.04. The van der Waals surface area contributed by atoms with Gasteiger partial charge in [0.15, 0.2) is 9.84 Å². The van der Waals surface area contributed by atoms with Crippen LogP contribution in [0.1, 0.15) is 23.6 Å². The van der Waals surface area contributed by atoms with Gasteiger partial charge in [-0.15, -0.1) is 0 Å². The monoisotopic (exact) mass is 382 g/mol. The van der Waals surface area contributed by atoms with Crippen LogP contribution in [-0.4, -0.2) is 14.2 Å². The second-order valence-electron chi connectivity index (χ2n) is 5.26. The van der Waals surface area contributed by atoms with Crippen LogP contribution in [0.15, 0.2) is 40.9 Å². The summed E-state index contributed by atoms with van der Waals surface area (Å²) >= 11 is 3.46. The number of sulfone groups is 1. The molecule has 0 unspecified atom stereocenters. The minimum absolute atomic E-state index is 0.0474. The summed E-state index contributed by atoms with van der Waals surface area (Å²) < 4.78 is 30.1. The van der Waals surface area contributed by atoms with E-state index in [1.807, 2.05) is 32.0 Å². The number of hydrogen-bond acceptors (Lipinski definition) is 3. The van der Waals surface area contributed by atoms with E-state index in [1.54, 1.807) is 25.1 Å². The summed E-state index contributed by atoms with van der Waals surface area (Å²) in [6.45, 7) is 5.65. The molecule has 0 saturated carbocycles. The van der Waals surface area contributed by atoms with Gasteiger partial charge in [0.05, 0.1) is 10.2 Å². The molecular weight excluding hydrogens is 364 g/mol. The van der Waals surface area contributed by atoms with Crippen molar-refractivity contribution in [1.29, 1.82) is 0 Å². The summed E-state index contributed by atoms with van der Waals surface area (Å²) in [5, 5.41) is 0. The van der Waals surface area contributed by atoms with Crippen molar-refractivity contribution < 1.29 is 13.2 Å².